The molecule has 1 rings (SSSR count). The summed E-state index contributed by atoms with van der Waals surface area (Å²) < 4.78 is 18.9. The van der Waals surface area contributed by atoms with E-state index in [0.717, 1.165) is 6.07 Å². The SMILES string of the molecule is Cc1ccc(C(=O)NC(CCOC(C)(C)C)C(=O)O)cc1F. The largest absolute Gasteiger partial charge is 0.480 e. The number of nitrogens with one attached hydrogen (secondary N) is 1. The van der Waals surface area contributed by atoms with Gasteiger partial charge in [-0.2, -0.15) is 0 Å². The van der Waals surface area contributed by atoms with Gasteiger partial charge >= 0.3 is 5.97 Å². The molecule has 5 nitrogen and oxygen atoms in total. The van der Waals surface area contributed by atoms with Gasteiger partial charge in [0, 0.05) is 18.6 Å². The summed E-state index contributed by atoms with van der Waals surface area (Å²) in [6.45, 7) is 7.35. The fourth-order valence-corrected chi connectivity index (χ4v) is 1.72. The summed E-state index contributed by atoms with van der Waals surface area (Å²) in [6, 6.07) is 2.94. The number of aryl methyl sites for hydroxylation is 1. The van der Waals surface area contributed by atoms with Gasteiger partial charge in [-0.25, -0.2) is 9.18 Å². The van der Waals surface area contributed by atoms with E-state index in [1.807, 2.05) is 20.8 Å². The van der Waals surface area contributed by atoms with E-state index in [4.69, 9.17) is 9.84 Å². The molecule has 0 aliphatic rings. The van der Waals surface area contributed by atoms with Crippen molar-refractivity contribution in [3.8, 4) is 0 Å². The molecule has 0 saturated heterocycles. The first-order valence-corrected chi connectivity index (χ1v) is 7.04. The maximum absolute atomic E-state index is 13.5. The van der Waals surface area contributed by atoms with Crippen LogP contribution in [0.2, 0.25) is 0 Å². The van der Waals surface area contributed by atoms with Crippen molar-refractivity contribution in [3.63, 3.8) is 0 Å². The molecule has 6 heteroatoms. The smallest absolute Gasteiger partial charge is 0.326 e. The van der Waals surface area contributed by atoms with Crippen LogP contribution >= 0.6 is 0 Å². The van der Waals surface area contributed by atoms with Crippen LogP contribution in [0.4, 0.5) is 4.39 Å². The van der Waals surface area contributed by atoms with Crippen molar-refractivity contribution >= 4 is 11.9 Å². The Labute approximate surface area is 129 Å². The van der Waals surface area contributed by atoms with Crippen molar-refractivity contribution in [1.82, 2.24) is 5.32 Å². The number of amides is 1. The van der Waals surface area contributed by atoms with Crippen LogP contribution in [0.1, 0.15) is 43.1 Å². The molecule has 0 saturated carbocycles. The second-order valence-corrected chi connectivity index (χ2v) is 6.08. The molecule has 0 fully saturated rings. The minimum Gasteiger partial charge on any atom is -0.480 e. The quantitative estimate of drug-likeness (QED) is 0.846. The Hall–Kier alpha value is -1.95. The lowest BCUT2D eigenvalue weighted by molar-refractivity contribution is -0.140. The Morgan fingerprint density at radius 2 is 2.00 bits per heavy atom. The number of carbonyl (C=O) groups excluding carboxylic acids is 1. The van der Waals surface area contributed by atoms with Crippen molar-refractivity contribution in [3.05, 3.63) is 35.1 Å². The third-order valence-electron chi connectivity index (χ3n) is 2.98. The van der Waals surface area contributed by atoms with Crippen LogP contribution in [0.25, 0.3) is 0 Å². The van der Waals surface area contributed by atoms with E-state index in [-0.39, 0.29) is 24.2 Å². The van der Waals surface area contributed by atoms with Crippen LogP contribution in [0.3, 0.4) is 0 Å². The third kappa shape index (κ3) is 5.81. The molecule has 0 bridgehead atoms. The van der Waals surface area contributed by atoms with Crippen LogP contribution in [0.15, 0.2) is 18.2 Å². The highest BCUT2D eigenvalue weighted by molar-refractivity contribution is 5.96. The number of carboxylic acid groups (broad SMARTS) is 1. The average Bonchev–Trinajstić information content (AvgIpc) is 2.39. The molecule has 1 aromatic carbocycles. The van der Waals surface area contributed by atoms with E-state index in [1.165, 1.54) is 12.1 Å². The van der Waals surface area contributed by atoms with Gasteiger partial charge in [0.25, 0.3) is 5.91 Å². The summed E-state index contributed by atoms with van der Waals surface area (Å²) >= 11 is 0. The van der Waals surface area contributed by atoms with Crippen molar-refractivity contribution < 1.29 is 23.8 Å². The summed E-state index contributed by atoms with van der Waals surface area (Å²) in [7, 11) is 0. The van der Waals surface area contributed by atoms with Crippen LogP contribution in [0.5, 0.6) is 0 Å². The maximum atomic E-state index is 13.5. The molecule has 1 unspecified atom stereocenters. The zero-order valence-electron chi connectivity index (χ0n) is 13.3. The van der Waals surface area contributed by atoms with Gasteiger partial charge in [-0.15, -0.1) is 0 Å². The van der Waals surface area contributed by atoms with E-state index in [0.29, 0.717) is 5.56 Å². The van der Waals surface area contributed by atoms with Crippen molar-refractivity contribution in [1.29, 1.82) is 0 Å². The number of hydrogen-bond donors (Lipinski definition) is 2. The number of rotatable bonds is 6. The van der Waals surface area contributed by atoms with Crippen LogP contribution in [-0.4, -0.2) is 35.2 Å². The number of benzene rings is 1. The lowest BCUT2D eigenvalue weighted by Crippen LogP contribution is -2.42. The van der Waals surface area contributed by atoms with Gasteiger partial charge in [0.1, 0.15) is 11.9 Å². The predicted molar refractivity (Wildman–Crippen MR) is 80.3 cm³/mol. The summed E-state index contributed by atoms with van der Waals surface area (Å²) in [4.78, 5) is 23.2. The van der Waals surface area contributed by atoms with Crippen LogP contribution in [-0.2, 0) is 9.53 Å². The normalized spacial score (nSPS) is 12.8. The second kappa shape index (κ2) is 7.35. The number of hydrogen-bond acceptors (Lipinski definition) is 3. The Kier molecular flexibility index (Phi) is 6.05. The van der Waals surface area contributed by atoms with Gasteiger partial charge in [0.15, 0.2) is 0 Å². The number of carbonyl (C=O) groups is 2. The Morgan fingerprint density at radius 1 is 1.36 bits per heavy atom. The zero-order chi connectivity index (χ0) is 16.9. The Bertz CT molecular complexity index is 552. The molecule has 0 heterocycles. The molecule has 0 aromatic heterocycles. The molecular weight excluding hydrogens is 289 g/mol. The van der Waals surface area contributed by atoms with Gasteiger partial charge < -0.3 is 15.2 Å². The lowest BCUT2D eigenvalue weighted by Gasteiger charge is -2.21. The first-order chi connectivity index (χ1) is 10.1. The van der Waals surface area contributed by atoms with Crippen LogP contribution in [0, 0.1) is 12.7 Å². The summed E-state index contributed by atoms with van der Waals surface area (Å²) in [6.07, 6.45) is 0.132. The molecule has 0 aliphatic carbocycles. The average molecular weight is 311 g/mol. The van der Waals surface area contributed by atoms with E-state index in [9.17, 15) is 14.0 Å². The topological polar surface area (TPSA) is 75.6 Å². The standard InChI is InChI=1S/C16H22FNO4/c1-10-5-6-11(9-12(10)17)14(19)18-13(15(20)21)7-8-22-16(2,3)4/h5-6,9,13H,7-8H2,1-4H3,(H,18,19)(H,20,21). The molecule has 22 heavy (non-hydrogen) atoms. The molecule has 0 aliphatic heterocycles. The number of aliphatic carboxylic acids is 1. The number of carboxylic acids is 1. The monoisotopic (exact) mass is 311 g/mol. The second-order valence-electron chi connectivity index (χ2n) is 6.08. The molecule has 1 aromatic rings. The van der Waals surface area contributed by atoms with Crippen LogP contribution < -0.4 is 5.32 Å². The highest BCUT2D eigenvalue weighted by atomic mass is 19.1. The molecule has 2 N–H and O–H groups in total. The summed E-state index contributed by atoms with van der Waals surface area (Å²) in [5.74, 6) is -2.28. The maximum Gasteiger partial charge on any atom is 0.326 e. The van der Waals surface area contributed by atoms with Gasteiger partial charge in [-0.05, 0) is 45.4 Å². The molecule has 0 radical (unpaired) electrons. The molecule has 1 amide bonds. The van der Waals surface area contributed by atoms with Crippen molar-refractivity contribution in [2.75, 3.05) is 6.61 Å². The highest BCUT2D eigenvalue weighted by Crippen LogP contribution is 2.11. The van der Waals surface area contributed by atoms with Gasteiger partial charge in [-0.3, -0.25) is 4.79 Å². The molecule has 122 valence electrons. The fraction of sp³-hybridized carbons (Fsp3) is 0.500. The minimum atomic E-state index is -1.15. The summed E-state index contributed by atoms with van der Waals surface area (Å²) in [5, 5.41) is 11.5. The Morgan fingerprint density at radius 3 is 2.50 bits per heavy atom. The van der Waals surface area contributed by atoms with E-state index >= 15 is 0 Å². The van der Waals surface area contributed by atoms with Gasteiger partial charge in [0.2, 0.25) is 0 Å². The highest BCUT2D eigenvalue weighted by Gasteiger charge is 2.22. The van der Waals surface area contributed by atoms with Crippen molar-refractivity contribution in [2.24, 2.45) is 0 Å². The van der Waals surface area contributed by atoms with Crippen molar-refractivity contribution in [2.45, 2.75) is 45.8 Å². The van der Waals surface area contributed by atoms with E-state index in [2.05, 4.69) is 5.32 Å². The number of halogens is 1. The van der Waals surface area contributed by atoms with E-state index < -0.39 is 23.7 Å². The predicted octanol–water partition coefficient (Wildman–Crippen LogP) is 2.52. The zero-order valence-corrected chi connectivity index (χ0v) is 13.3. The van der Waals surface area contributed by atoms with E-state index in [1.54, 1.807) is 6.92 Å². The van der Waals surface area contributed by atoms with Gasteiger partial charge in [0.05, 0.1) is 5.60 Å². The summed E-state index contributed by atoms with van der Waals surface area (Å²) in [5.41, 5.74) is 0.128. The fourth-order valence-electron chi connectivity index (χ4n) is 1.72. The first kappa shape index (κ1) is 18.1. The first-order valence-electron chi connectivity index (χ1n) is 7.04. The minimum absolute atomic E-state index is 0.0890. The number of ether oxygens (including phenoxy) is 1. The molecule has 0 spiro atoms. The third-order valence-corrected chi connectivity index (χ3v) is 2.98. The van der Waals surface area contributed by atoms with Gasteiger partial charge in [-0.1, -0.05) is 6.07 Å². The molecular formula is C16H22FNO4. The lowest BCUT2D eigenvalue weighted by atomic mass is 10.1. The Balaban J connectivity index is 2.68. The molecule has 1 atom stereocenters.